The van der Waals surface area contributed by atoms with Crippen molar-refractivity contribution in [3.63, 3.8) is 0 Å². The Kier molecular flexibility index (Phi) is 11.7. The minimum Gasteiger partial charge on any atom is -0.467 e. The maximum atomic E-state index is 5.12. The van der Waals surface area contributed by atoms with Gasteiger partial charge in [0.15, 0.2) is 9.76 Å². The summed E-state index contributed by atoms with van der Waals surface area (Å²) in [6.45, 7) is 7.30. The van der Waals surface area contributed by atoms with Gasteiger partial charge in [-0.1, -0.05) is 12.2 Å². The van der Waals surface area contributed by atoms with Crippen LogP contribution in [0.1, 0.15) is 0 Å². The van der Waals surface area contributed by atoms with Gasteiger partial charge < -0.3 is 4.12 Å². The molecule has 0 amide bonds. The molecule has 0 aromatic carbocycles. The van der Waals surface area contributed by atoms with Gasteiger partial charge in [0.05, 0.1) is 0 Å². The van der Waals surface area contributed by atoms with Gasteiger partial charge in [-0.05, 0) is 0 Å². The van der Waals surface area contributed by atoms with Crippen LogP contribution in [0.15, 0.2) is 25.3 Å². The molecule has 0 aromatic rings. The third-order valence-electron chi connectivity index (χ3n) is 0.965. The van der Waals surface area contributed by atoms with Gasteiger partial charge >= 0.3 is 0 Å². The van der Waals surface area contributed by atoms with Gasteiger partial charge in [0, 0.05) is 26.6 Å². The summed E-state index contributed by atoms with van der Waals surface area (Å²) in [6.07, 6.45) is 3.80. The summed E-state index contributed by atoms with van der Waals surface area (Å²) in [5.74, 6) is 0. The van der Waals surface area contributed by atoms with Crippen molar-refractivity contribution >= 4 is 20.2 Å². The van der Waals surface area contributed by atoms with Crippen LogP contribution < -0.4 is 0 Å². The van der Waals surface area contributed by atoms with Crippen molar-refractivity contribution in [1.82, 2.24) is 0 Å². The van der Waals surface area contributed by atoms with Gasteiger partial charge in [-0.25, -0.2) is 0 Å². The standard InChI is InChI=1S/C5H12OSi2.Pt/c1-3-5(4-2)8-6-7;/h3-5H,1-2,8H2,7H3;. The van der Waals surface area contributed by atoms with Gasteiger partial charge in [0.1, 0.15) is 10.5 Å². The molecule has 0 saturated heterocycles. The number of hydrogen-bond donors (Lipinski definition) is 0. The zero-order chi connectivity index (χ0) is 6.41. The molecule has 0 unspecified atom stereocenters. The van der Waals surface area contributed by atoms with Gasteiger partial charge in [0.25, 0.3) is 0 Å². The van der Waals surface area contributed by atoms with Crippen LogP contribution in [-0.2, 0) is 25.2 Å². The number of allylic oxidation sites excluding steroid dienone is 2. The Hall–Kier alpha value is 0.562. The summed E-state index contributed by atoms with van der Waals surface area (Å²) in [4.78, 5) is 0. The van der Waals surface area contributed by atoms with E-state index in [1.54, 1.807) is 0 Å². The van der Waals surface area contributed by atoms with E-state index < -0.39 is 0 Å². The molecule has 0 aliphatic heterocycles. The Morgan fingerprint density at radius 3 is 2.00 bits per heavy atom. The molecule has 0 radical (unpaired) electrons. The van der Waals surface area contributed by atoms with E-state index in [4.69, 9.17) is 4.12 Å². The molecule has 0 saturated carbocycles. The fourth-order valence-electron chi connectivity index (χ4n) is 0.425. The summed E-state index contributed by atoms with van der Waals surface area (Å²) in [6, 6.07) is 0. The molecule has 0 fully saturated rings. The van der Waals surface area contributed by atoms with Crippen LogP contribution >= 0.6 is 0 Å². The van der Waals surface area contributed by atoms with E-state index >= 15 is 0 Å². The Balaban J connectivity index is 0. The molecule has 0 rings (SSSR count). The monoisotopic (exact) mass is 339 g/mol. The fourth-order valence-corrected chi connectivity index (χ4v) is 2.24. The first-order valence-electron chi connectivity index (χ1n) is 2.59. The van der Waals surface area contributed by atoms with Gasteiger partial charge in [-0.15, -0.1) is 13.2 Å². The van der Waals surface area contributed by atoms with E-state index in [0.29, 0.717) is 5.54 Å². The Morgan fingerprint density at radius 2 is 1.89 bits per heavy atom. The first-order chi connectivity index (χ1) is 3.85. The molecule has 56 valence electrons. The quantitative estimate of drug-likeness (QED) is 0.497. The van der Waals surface area contributed by atoms with E-state index in [2.05, 4.69) is 13.2 Å². The van der Waals surface area contributed by atoms with Crippen LogP contribution in [0.25, 0.3) is 0 Å². The normalized spacial score (nSPS) is 9.89. The predicted molar refractivity (Wildman–Crippen MR) is 43.7 cm³/mol. The van der Waals surface area contributed by atoms with E-state index in [1.165, 1.54) is 0 Å². The van der Waals surface area contributed by atoms with Crippen LogP contribution in [0.5, 0.6) is 0 Å². The Labute approximate surface area is 76.3 Å². The average Bonchev–Trinajstić information content (AvgIpc) is 1.83. The molecule has 0 heterocycles. The topological polar surface area (TPSA) is 9.23 Å². The zero-order valence-electron chi connectivity index (χ0n) is 5.58. The van der Waals surface area contributed by atoms with Crippen molar-refractivity contribution in [2.75, 3.05) is 0 Å². The van der Waals surface area contributed by atoms with Gasteiger partial charge in [-0.2, -0.15) is 0 Å². The van der Waals surface area contributed by atoms with Crippen molar-refractivity contribution in [3.8, 4) is 0 Å². The second-order valence-corrected chi connectivity index (χ2v) is 5.18. The minimum atomic E-state index is -0.339. The predicted octanol–water partition coefficient (Wildman–Crippen LogP) is -0.475. The van der Waals surface area contributed by atoms with E-state index in [1.807, 2.05) is 12.2 Å². The average molecular weight is 339 g/mol. The summed E-state index contributed by atoms with van der Waals surface area (Å²) >= 11 is 0. The van der Waals surface area contributed by atoms with Gasteiger partial charge in [0.2, 0.25) is 0 Å². The number of rotatable bonds is 4. The maximum absolute atomic E-state index is 5.12. The molecule has 0 N–H and O–H groups in total. The third kappa shape index (κ3) is 6.45. The number of hydrogen-bond acceptors (Lipinski definition) is 1. The van der Waals surface area contributed by atoms with Gasteiger partial charge in [-0.3, -0.25) is 0 Å². The summed E-state index contributed by atoms with van der Waals surface area (Å²) in [7, 11) is 0.523. The van der Waals surface area contributed by atoms with Crippen molar-refractivity contribution in [3.05, 3.63) is 25.3 Å². The molecular formula is C5H12OPtSi2. The molecular weight excluding hydrogens is 327 g/mol. The van der Waals surface area contributed by atoms with Crippen LogP contribution in [0.2, 0.25) is 5.54 Å². The molecule has 9 heavy (non-hydrogen) atoms. The van der Waals surface area contributed by atoms with E-state index in [0.717, 1.165) is 10.5 Å². The molecule has 0 aliphatic rings. The molecule has 0 atom stereocenters. The van der Waals surface area contributed by atoms with Crippen LogP contribution in [-0.4, -0.2) is 20.2 Å². The van der Waals surface area contributed by atoms with E-state index in [-0.39, 0.29) is 30.8 Å². The molecule has 0 aliphatic carbocycles. The first kappa shape index (κ1) is 12.3. The van der Waals surface area contributed by atoms with Crippen molar-refractivity contribution in [2.24, 2.45) is 0 Å². The van der Waals surface area contributed by atoms with Crippen molar-refractivity contribution in [2.45, 2.75) is 5.54 Å². The van der Waals surface area contributed by atoms with Crippen LogP contribution in [0.3, 0.4) is 0 Å². The smallest absolute Gasteiger partial charge is 0.156 e. The SMILES string of the molecule is C=CC(C=C)[SiH2]O[SiH3].[Pt]. The third-order valence-corrected chi connectivity index (χ3v) is 3.35. The summed E-state index contributed by atoms with van der Waals surface area (Å²) in [5, 5.41) is 0. The molecule has 0 aromatic heterocycles. The van der Waals surface area contributed by atoms with Crippen LogP contribution in [0.4, 0.5) is 0 Å². The van der Waals surface area contributed by atoms with E-state index in [9.17, 15) is 0 Å². The van der Waals surface area contributed by atoms with Crippen molar-refractivity contribution < 1.29 is 25.2 Å². The first-order valence-corrected chi connectivity index (χ1v) is 4.80. The Bertz CT molecular complexity index is 79.0. The largest absolute Gasteiger partial charge is 0.467 e. The second kappa shape index (κ2) is 8.56. The summed E-state index contributed by atoms with van der Waals surface area (Å²) < 4.78 is 5.12. The molecule has 1 nitrogen and oxygen atoms in total. The second-order valence-electron chi connectivity index (χ2n) is 1.59. The molecule has 4 heteroatoms. The zero-order valence-corrected chi connectivity index (χ0v) is 11.3. The fraction of sp³-hybridized carbons (Fsp3) is 0.200. The maximum Gasteiger partial charge on any atom is 0.156 e. The summed E-state index contributed by atoms with van der Waals surface area (Å²) in [5.41, 5.74) is 0.479. The Morgan fingerprint density at radius 1 is 1.44 bits per heavy atom. The minimum absolute atomic E-state index is 0. The van der Waals surface area contributed by atoms with Crippen LogP contribution in [0, 0.1) is 0 Å². The van der Waals surface area contributed by atoms with Crippen molar-refractivity contribution in [1.29, 1.82) is 0 Å². The molecule has 0 spiro atoms. The molecule has 0 bridgehead atoms.